The molecule has 176 valence electrons. The topological polar surface area (TPSA) is 118 Å². The lowest BCUT2D eigenvalue weighted by atomic mass is 10.0. The van der Waals surface area contributed by atoms with Gasteiger partial charge in [0.1, 0.15) is 11.3 Å². The number of terminal acetylenes is 1. The van der Waals surface area contributed by atoms with Gasteiger partial charge in [-0.25, -0.2) is 13.6 Å². The van der Waals surface area contributed by atoms with Crippen molar-refractivity contribution in [3.05, 3.63) is 27.4 Å². The van der Waals surface area contributed by atoms with Gasteiger partial charge >= 0.3 is 5.97 Å². The number of carboxylic acid groups (broad SMARTS) is 1. The predicted molar refractivity (Wildman–Crippen MR) is 124 cm³/mol. The second kappa shape index (κ2) is 9.70. The molecule has 1 fully saturated rings. The largest absolute Gasteiger partial charge is 0.477 e. The van der Waals surface area contributed by atoms with Crippen LogP contribution in [-0.4, -0.2) is 51.3 Å². The van der Waals surface area contributed by atoms with Gasteiger partial charge in [-0.15, -0.1) is 24.1 Å². The van der Waals surface area contributed by atoms with Crippen LogP contribution in [0.25, 0.3) is 10.9 Å². The van der Waals surface area contributed by atoms with E-state index in [1.54, 1.807) is 11.8 Å². The van der Waals surface area contributed by atoms with Crippen LogP contribution in [-0.2, 0) is 11.3 Å². The lowest BCUT2D eigenvalue weighted by molar-refractivity contribution is -0.129. The van der Waals surface area contributed by atoms with Crippen LogP contribution >= 0.6 is 11.8 Å². The van der Waals surface area contributed by atoms with E-state index in [0.717, 1.165) is 11.8 Å². The summed E-state index contributed by atoms with van der Waals surface area (Å²) in [6.07, 6.45) is 5.60. The number of halogens is 2. The Hall–Kier alpha value is -3.26. The van der Waals surface area contributed by atoms with E-state index in [2.05, 4.69) is 17.7 Å². The third kappa shape index (κ3) is 4.35. The van der Waals surface area contributed by atoms with Crippen molar-refractivity contribution in [2.75, 3.05) is 29.9 Å². The Labute approximate surface area is 193 Å². The number of aromatic carboxylic acids is 1. The number of piperidine rings is 1. The first kappa shape index (κ1) is 24.4. The van der Waals surface area contributed by atoms with Crippen molar-refractivity contribution in [1.82, 2.24) is 9.47 Å². The number of likely N-dealkylation sites (tertiary alicyclic amines) is 1. The number of amides is 1. The van der Waals surface area contributed by atoms with Crippen molar-refractivity contribution in [2.24, 2.45) is 0 Å². The minimum Gasteiger partial charge on any atom is -0.477 e. The van der Waals surface area contributed by atoms with Gasteiger partial charge in [-0.3, -0.25) is 9.59 Å². The number of carbonyl (C=O) groups excluding carboxylic acids is 1. The SMILES string of the molecule is C#CC.CC(=O)N1CCC(Nc2c(F)c(N)c3c(=O)c(C(=O)O)c4n(c3c2F)CCS4)CC1. The van der Waals surface area contributed by atoms with E-state index in [1.165, 1.54) is 11.5 Å². The average Bonchev–Trinajstić information content (AvgIpc) is 3.24. The number of carboxylic acids is 1. The molecule has 4 N–H and O–H groups in total. The molecule has 2 aliphatic heterocycles. The van der Waals surface area contributed by atoms with Crippen LogP contribution in [0.3, 0.4) is 0 Å². The summed E-state index contributed by atoms with van der Waals surface area (Å²) in [6, 6.07) is -0.279. The van der Waals surface area contributed by atoms with E-state index in [0.29, 0.717) is 31.7 Å². The summed E-state index contributed by atoms with van der Waals surface area (Å²) in [4.78, 5) is 37.5. The summed E-state index contributed by atoms with van der Waals surface area (Å²) < 4.78 is 31.9. The van der Waals surface area contributed by atoms with Gasteiger partial charge in [0.25, 0.3) is 0 Å². The van der Waals surface area contributed by atoms with Crippen LogP contribution < -0.4 is 16.5 Å². The Balaban J connectivity index is 0.000000968. The maximum absolute atomic E-state index is 15.5. The maximum Gasteiger partial charge on any atom is 0.342 e. The molecule has 33 heavy (non-hydrogen) atoms. The number of thioether (sulfide) groups is 1. The molecule has 1 aromatic heterocycles. The van der Waals surface area contributed by atoms with Gasteiger partial charge in [0.15, 0.2) is 11.6 Å². The Bertz CT molecular complexity index is 1230. The highest BCUT2D eigenvalue weighted by atomic mass is 32.2. The molecule has 0 saturated carbocycles. The van der Waals surface area contributed by atoms with Crippen molar-refractivity contribution in [1.29, 1.82) is 0 Å². The van der Waals surface area contributed by atoms with Crippen molar-refractivity contribution >= 4 is 45.9 Å². The van der Waals surface area contributed by atoms with E-state index in [9.17, 15) is 19.5 Å². The number of pyridine rings is 1. The molecule has 1 saturated heterocycles. The van der Waals surface area contributed by atoms with Gasteiger partial charge in [0.05, 0.1) is 21.6 Å². The van der Waals surface area contributed by atoms with Crippen LogP contribution in [0.1, 0.15) is 37.0 Å². The summed E-state index contributed by atoms with van der Waals surface area (Å²) in [5.41, 5.74) is 3.16. The number of rotatable bonds is 3. The van der Waals surface area contributed by atoms with Crippen molar-refractivity contribution in [3.63, 3.8) is 0 Å². The molecule has 0 bridgehead atoms. The molecule has 8 nitrogen and oxygen atoms in total. The lowest BCUT2D eigenvalue weighted by Crippen LogP contribution is -2.41. The van der Waals surface area contributed by atoms with E-state index >= 15 is 8.78 Å². The van der Waals surface area contributed by atoms with Gasteiger partial charge in [-0.2, -0.15) is 0 Å². The van der Waals surface area contributed by atoms with Crippen LogP contribution in [0.2, 0.25) is 0 Å². The minimum absolute atomic E-state index is 0.0533. The summed E-state index contributed by atoms with van der Waals surface area (Å²) in [5, 5.41) is 12.0. The molecule has 4 rings (SSSR count). The van der Waals surface area contributed by atoms with Gasteiger partial charge in [-0.05, 0) is 19.8 Å². The fourth-order valence-corrected chi connectivity index (χ4v) is 5.22. The second-order valence-electron chi connectivity index (χ2n) is 7.67. The third-order valence-corrected chi connectivity index (χ3v) is 6.71. The molecule has 11 heteroatoms. The van der Waals surface area contributed by atoms with Crippen LogP contribution in [0.15, 0.2) is 9.82 Å². The quantitative estimate of drug-likeness (QED) is 0.459. The first-order valence-corrected chi connectivity index (χ1v) is 11.2. The lowest BCUT2D eigenvalue weighted by Gasteiger charge is -2.32. The van der Waals surface area contributed by atoms with Crippen LogP contribution in [0.4, 0.5) is 20.2 Å². The molecule has 2 aliphatic rings. The Morgan fingerprint density at radius 3 is 2.39 bits per heavy atom. The van der Waals surface area contributed by atoms with E-state index in [-0.39, 0.29) is 29.0 Å². The predicted octanol–water partition coefficient (Wildman–Crippen LogP) is 2.73. The van der Waals surface area contributed by atoms with E-state index in [4.69, 9.17) is 5.73 Å². The molecule has 0 radical (unpaired) electrons. The van der Waals surface area contributed by atoms with Gasteiger partial charge in [0, 0.05) is 38.4 Å². The molecule has 1 amide bonds. The van der Waals surface area contributed by atoms with Crippen molar-refractivity contribution < 1.29 is 23.5 Å². The number of benzene rings is 1. The van der Waals surface area contributed by atoms with E-state index in [1.807, 2.05) is 0 Å². The first-order valence-electron chi connectivity index (χ1n) is 10.3. The zero-order valence-corrected chi connectivity index (χ0v) is 19.0. The van der Waals surface area contributed by atoms with Crippen LogP contribution in [0, 0.1) is 24.0 Å². The molecule has 0 spiro atoms. The molecule has 2 aromatic rings. The molecule has 0 aliphatic carbocycles. The molecule has 0 atom stereocenters. The fourth-order valence-electron chi connectivity index (χ4n) is 4.09. The first-order chi connectivity index (χ1) is 15.6. The normalized spacial score (nSPS) is 15.4. The van der Waals surface area contributed by atoms with Crippen molar-refractivity contribution in [3.8, 4) is 12.3 Å². The number of nitrogens with one attached hydrogen (secondary N) is 1. The monoisotopic (exact) mass is 478 g/mol. The number of aryl methyl sites for hydroxylation is 1. The molecular weight excluding hydrogens is 454 g/mol. The number of carbonyl (C=O) groups is 2. The molecule has 3 heterocycles. The Kier molecular flexibility index (Phi) is 7.17. The Morgan fingerprint density at radius 1 is 1.24 bits per heavy atom. The number of nitrogen functional groups attached to an aromatic ring is 1. The smallest absolute Gasteiger partial charge is 0.342 e. The standard InChI is InChI=1S/C19H20F2N4O4S.C3H4/c1-8(26)24-4-2-9(3-5-24)23-15-12(20)14(22)10-16(13(15)21)25-6-7-30-18(25)11(17(10)27)19(28)29;1-3-2/h9,23H,2-7,22H2,1H3,(H,28,29);1H,2H3. The number of hydrogen-bond donors (Lipinski definition) is 3. The summed E-state index contributed by atoms with van der Waals surface area (Å²) >= 11 is 1.14. The highest BCUT2D eigenvalue weighted by Crippen LogP contribution is 2.38. The Morgan fingerprint density at radius 2 is 1.85 bits per heavy atom. The number of fused-ring (bicyclic) bond motifs is 3. The van der Waals surface area contributed by atoms with Crippen LogP contribution in [0.5, 0.6) is 0 Å². The number of anilines is 2. The summed E-state index contributed by atoms with van der Waals surface area (Å²) in [5.74, 6) is -0.888. The van der Waals surface area contributed by atoms with Gasteiger partial charge in [-0.1, -0.05) is 0 Å². The highest BCUT2D eigenvalue weighted by Gasteiger charge is 2.32. The zero-order chi connectivity index (χ0) is 24.4. The third-order valence-electron chi connectivity index (χ3n) is 5.63. The molecule has 0 unspecified atom stereocenters. The second-order valence-corrected chi connectivity index (χ2v) is 8.75. The summed E-state index contributed by atoms with van der Waals surface area (Å²) in [7, 11) is 0. The van der Waals surface area contributed by atoms with E-state index < -0.39 is 45.4 Å². The summed E-state index contributed by atoms with van der Waals surface area (Å²) in [6.45, 7) is 4.33. The molecule has 1 aromatic carbocycles. The number of nitrogens with two attached hydrogens (primary N) is 1. The number of hydrogen-bond acceptors (Lipinski definition) is 6. The number of nitrogens with zero attached hydrogens (tertiary/aromatic N) is 2. The average molecular weight is 479 g/mol. The maximum atomic E-state index is 15.5. The van der Waals surface area contributed by atoms with Gasteiger partial charge in [0.2, 0.25) is 11.3 Å². The minimum atomic E-state index is -1.46. The molecular formula is C22H24F2N4O4S. The van der Waals surface area contributed by atoms with Crippen molar-refractivity contribution in [2.45, 2.75) is 44.3 Å². The zero-order valence-electron chi connectivity index (χ0n) is 18.2. The van der Waals surface area contributed by atoms with Gasteiger partial charge < -0.3 is 25.6 Å². The number of aromatic nitrogens is 1. The highest BCUT2D eigenvalue weighted by molar-refractivity contribution is 7.99. The fraction of sp³-hybridized carbons (Fsp3) is 0.409.